The van der Waals surface area contributed by atoms with Crippen LogP contribution in [0.1, 0.15) is 36.5 Å². The third-order valence-electron chi connectivity index (χ3n) is 5.06. The van der Waals surface area contributed by atoms with E-state index in [1.54, 1.807) is 4.90 Å². The summed E-state index contributed by atoms with van der Waals surface area (Å²) in [6.45, 7) is 6.07. The van der Waals surface area contributed by atoms with E-state index in [4.69, 9.17) is 0 Å². The fraction of sp³-hybridized carbons (Fsp3) is 0.429. The van der Waals surface area contributed by atoms with E-state index in [1.807, 2.05) is 0 Å². The molecule has 3 rings (SSSR count). The van der Waals surface area contributed by atoms with Crippen LogP contribution in [0.25, 0.3) is 0 Å². The molecule has 2 aromatic rings. The molecular weight excluding hydrogens is 266 g/mol. The fourth-order valence-electron chi connectivity index (χ4n) is 3.60. The zero-order valence-corrected chi connectivity index (χ0v) is 13.7. The number of likely N-dealkylation sites (tertiary alicyclic amines) is 1. The molecule has 1 heterocycles. The van der Waals surface area contributed by atoms with Crippen LogP contribution in [0.2, 0.25) is 0 Å². The van der Waals surface area contributed by atoms with Crippen molar-refractivity contribution in [1.29, 1.82) is 0 Å². The van der Waals surface area contributed by atoms with Crippen LogP contribution in [0.15, 0.2) is 54.6 Å². The average molecular weight is 294 g/mol. The molecule has 1 fully saturated rings. The van der Waals surface area contributed by atoms with Gasteiger partial charge in [-0.3, -0.25) is 0 Å². The Kier molecular flexibility index (Phi) is 5.29. The highest BCUT2D eigenvalue weighted by molar-refractivity contribution is 5.21. The van der Waals surface area contributed by atoms with Crippen molar-refractivity contribution in [2.24, 2.45) is 5.92 Å². The second-order valence-electron chi connectivity index (χ2n) is 6.73. The highest BCUT2D eigenvalue weighted by atomic mass is 15.1. The minimum atomic E-state index is 0.883. The Bertz CT molecular complexity index is 550. The molecule has 0 saturated carbocycles. The SMILES string of the molecule is CCc1ccc(C[NH+]2CCC(Cc3ccccc3)CC2)cc1. The predicted octanol–water partition coefficient (Wildman–Crippen LogP) is 3.29. The smallest absolute Gasteiger partial charge is 0.103 e. The Morgan fingerprint density at radius 3 is 2.09 bits per heavy atom. The minimum Gasteiger partial charge on any atom is -0.331 e. The predicted molar refractivity (Wildman–Crippen MR) is 93.1 cm³/mol. The van der Waals surface area contributed by atoms with Crippen molar-refractivity contribution < 1.29 is 4.90 Å². The number of piperidine rings is 1. The van der Waals surface area contributed by atoms with Crippen molar-refractivity contribution in [1.82, 2.24) is 0 Å². The molecule has 2 aromatic carbocycles. The van der Waals surface area contributed by atoms with Crippen LogP contribution < -0.4 is 4.90 Å². The number of rotatable bonds is 5. The molecule has 0 unspecified atom stereocenters. The van der Waals surface area contributed by atoms with Crippen LogP contribution in [-0.2, 0) is 19.4 Å². The largest absolute Gasteiger partial charge is 0.331 e. The van der Waals surface area contributed by atoms with Gasteiger partial charge in [0.2, 0.25) is 0 Å². The Morgan fingerprint density at radius 2 is 1.45 bits per heavy atom. The molecule has 1 N–H and O–H groups in total. The number of nitrogens with one attached hydrogen (secondary N) is 1. The first-order chi connectivity index (χ1) is 10.8. The van der Waals surface area contributed by atoms with Crippen LogP contribution >= 0.6 is 0 Å². The zero-order chi connectivity index (χ0) is 15.2. The summed E-state index contributed by atoms with van der Waals surface area (Å²) < 4.78 is 0. The van der Waals surface area contributed by atoms with Crippen molar-refractivity contribution >= 4 is 0 Å². The van der Waals surface area contributed by atoms with Gasteiger partial charge in [-0.05, 0) is 42.7 Å². The Labute approximate surface area is 135 Å². The maximum atomic E-state index is 2.32. The van der Waals surface area contributed by atoms with E-state index < -0.39 is 0 Å². The highest BCUT2D eigenvalue weighted by Gasteiger charge is 2.22. The number of aryl methyl sites for hydroxylation is 1. The maximum absolute atomic E-state index is 2.32. The molecule has 0 amide bonds. The molecule has 0 aromatic heterocycles. The quantitative estimate of drug-likeness (QED) is 0.863. The maximum Gasteiger partial charge on any atom is 0.103 e. The molecule has 0 aliphatic carbocycles. The summed E-state index contributed by atoms with van der Waals surface area (Å²) in [5, 5.41) is 0. The Hall–Kier alpha value is -1.60. The molecule has 0 bridgehead atoms. The summed E-state index contributed by atoms with van der Waals surface area (Å²) in [7, 11) is 0. The van der Waals surface area contributed by atoms with Gasteiger partial charge in [0.15, 0.2) is 0 Å². The molecule has 0 radical (unpaired) electrons. The van der Waals surface area contributed by atoms with Crippen molar-refractivity contribution in [3.63, 3.8) is 0 Å². The summed E-state index contributed by atoms with van der Waals surface area (Å²) in [5.74, 6) is 0.883. The van der Waals surface area contributed by atoms with Crippen molar-refractivity contribution in [2.45, 2.75) is 39.2 Å². The average Bonchev–Trinajstić information content (AvgIpc) is 2.58. The van der Waals surface area contributed by atoms with E-state index in [0.717, 1.165) is 12.3 Å². The molecule has 1 heteroatoms. The van der Waals surface area contributed by atoms with Crippen LogP contribution in [0.5, 0.6) is 0 Å². The van der Waals surface area contributed by atoms with E-state index >= 15 is 0 Å². The first kappa shape index (κ1) is 15.3. The first-order valence-corrected chi connectivity index (χ1v) is 8.79. The lowest BCUT2D eigenvalue weighted by atomic mass is 9.90. The van der Waals surface area contributed by atoms with E-state index in [2.05, 4.69) is 61.5 Å². The van der Waals surface area contributed by atoms with Crippen LogP contribution in [-0.4, -0.2) is 13.1 Å². The number of hydrogen-bond acceptors (Lipinski definition) is 0. The lowest BCUT2D eigenvalue weighted by Crippen LogP contribution is -3.11. The van der Waals surface area contributed by atoms with E-state index in [0.29, 0.717) is 0 Å². The first-order valence-electron chi connectivity index (χ1n) is 8.79. The zero-order valence-electron chi connectivity index (χ0n) is 13.7. The minimum absolute atomic E-state index is 0.883. The van der Waals surface area contributed by atoms with E-state index in [9.17, 15) is 0 Å². The highest BCUT2D eigenvalue weighted by Crippen LogP contribution is 2.16. The summed E-state index contributed by atoms with van der Waals surface area (Å²) >= 11 is 0. The van der Waals surface area contributed by atoms with Crippen molar-refractivity contribution in [3.8, 4) is 0 Å². The van der Waals surface area contributed by atoms with Gasteiger partial charge >= 0.3 is 0 Å². The van der Waals surface area contributed by atoms with Gasteiger partial charge in [-0.1, -0.05) is 61.5 Å². The fourth-order valence-corrected chi connectivity index (χ4v) is 3.60. The Morgan fingerprint density at radius 1 is 0.818 bits per heavy atom. The van der Waals surface area contributed by atoms with Crippen LogP contribution in [0, 0.1) is 5.92 Å². The molecule has 116 valence electrons. The van der Waals surface area contributed by atoms with Gasteiger partial charge in [0.1, 0.15) is 6.54 Å². The van der Waals surface area contributed by atoms with Gasteiger partial charge in [0, 0.05) is 5.56 Å². The lowest BCUT2D eigenvalue weighted by molar-refractivity contribution is -0.919. The van der Waals surface area contributed by atoms with Crippen LogP contribution in [0.4, 0.5) is 0 Å². The second-order valence-corrected chi connectivity index (χ2v) is 6.73. The summed E-state index contributed by atoms with van der Waals surface area (Å²) in [6, 6.07) is 20.2. The number of benzene rings is 2. The van der Waals surface area contributed by atoms with Gasteiger partial charge in [-0.25, -0.2) is 0 Å². The molecule has 1 nitrogen and oxygen atoms in total. The van der Waals surface area contributed by atoms with E-state index in [1.165, 1.54) is 55.6 Å². The molecule has 1 saturated heterocycles. The van der Waals surface area contributed by atoms with E-state index in [-0.39, 0.29) is 0 Å². The molecule has 1 aliphatic heterocycles. The lowest BCUT2D eigenvalue weighted by Gasteiger charge is -2.29. The summed E-state index contributed by atoms with van der Waals surface area (Å²) in [6.07, 6.45) is 5.14. The summed E-state index contributed by atoms with van der Waals surface area (Å²) in [4.78, 5) is 1.76. The topological polar surface area (TPSA) is 4.44 Å². The van der Waals surface area contributed by atoms with Gasteiger partial charge < -0.3 is 4.90 Å². The third kappa shape index (κ3) is 4.20. The van der Waals surface area contributed by atoms with Crippen molar-refractivity contribution in [3.05, 3.63) is 71.3 Å². The van der Waals surface area contributed by atoms with Crippen molar-refractivity contribution in [2.75, 3.05) is 13.1 Å². The standard InChI is InChI=1S/C21H27N/c1-2-18-8-10-21(11-9-18)17-22-14-12-20(13-15-22)16-19-6-4-3-5-7-19/h3-11,20H,2,12-17H2,1H3/p+1. The second kappa shape index (κ2) is 7.60. The van der Waals surface area contributed by atoms with Gasteiger partial charge in [-0.15, -0.1) is 0 Å². The molecule has 22 heavy (non-hydrogen) atoms. The Balaban J connectivity index is 1.47. The van der Waals surface area contributed by atoms with Gasteiger partial charge in [0.25, 0.3) is 0 Å². The monoisotopic (exact) mass is 294 g/mol. The number of quaternary nitrogens is 1. The van der Waals surface area contributed by atoms with Gasteiger partial charge in [-0.2, -0.15) is 0 Å². The number of hydrogen-bond donors (Lipinski definition) is 1. The molecule has 0 atom stereocenters. The van der Waals surface area contributed by atoms with Crippen LogP contribution in [0.3, 0.4) is 0 Å². The summed E-state index contributed by atoms with van der Waals surface area (Å²) in [5.41, 5.74) is 4.44. The third-order valence-corrected chi connectivity index (χ3v) is 5.06. The molecule has 1 aliphatic rings. The molecular formula is C21H28N+. The van der Waals surface area contributed by atoms with Gasteiger partial charge in [0.05, 0.1) is 13.1 Å². The normalized spacial score (nSPS) is 21.7. The molecule has 0 spiro atoms.